The largest absolute Gasteiger partial charge is 0.461 e. The predicted molar refractivity (Wildman–Crippen MR) is 291 cm³/mol. The number of benzene rings is 3. The second-order valence-electron chi connectivity index (χ2n) is 22.9. The van der Waals surface area contributed by atoms with Crippen LogP contribution in [-0.2, 0) is 27.7 Å². The molecule has 4 atom stereocenters. The number of hydrogen-bond donors (Lipinski definition) is 1. The smallest absolute Gasteiger partial charge is 0.409 e. The van der Waals surface area contributed by atoms with Gasteiger partial charge in [-0.15, -0.1) is 6.42 Å². The van der Waals surface area contributed by atoms with E-state index < -0.39 is 11.6 Å². The minimum atomic E-state index is -0.634. The lowest BCUT2D eigenvalue weighted by atomic mass is 9.83. The number of hydrogen-bond acceptors (Lipinski definition) is 12. The standard InChI is InChI=1S/C60H68F2N10O5/c1-3-43-47(61)15-11-39-8-4-9-45(50(39)43)54-52(62)55-51-48(64-54)16-13-41-34-75-31-7-25-71(41)56(51)66-58(65-55)77-36-60-22-6-26-72(60)42(17-23-60)35-76-59(74)70-29-20-38(21-30-70)32-37-18-27-69(28-19-37)40-12-14-44-49(33-40)68(2)67-53(44)46-10-5-24-63-57(46)73/h1,4,8-9,11-12,14-15,33,37-38,41-42,46H,5-7,10,13,16-32,34-36H2,2H3,(H,63,73)/t41-,42-,46?,60-/m0/s1. The van der Waals surface area contributed by atoms with Gasteiger partial charge in [0.15, 0.2) is 5.82 Å². The summed E-state index contributed by atoms with van der Waals surface area (Å²) < 4.78 is 53.4. The molecule has 3 aromatic carbocycles. The normalized spacial score (nSPS) is 24.4. The van der Waals surface area contributed by atoms with Crippen molar-refractivity contribution in [3.8, 4) is 29.6 Å². The SMILES string of the molecule is C#Cc1c(F)ccc2cccc(-c3nc4c5c(nc(OC[C@@]67CCCN6[C@H](COC(=O)N6CCC(CC8CCN(c9ccc%10c(C%11CCCNC%11=O)nn(C)c%10c9)CC8)CC6)CC7)nc5c3F)N3CCCOC[C@@H]3CC4)c12. The van der Waals surface area contributed by atoms with Crippen LogP contribution in [0.2, 0.25) is 0 Å². The number of pyridine rings is 1. The Kier molecular flexibility index (Phi) is 13.4. The highest BCUT2D eigenvalue weighted by atomic mass is 19.1. The molecule has 7 aliphatic rings. The van der Waals surface area contributed by atoms with Gasteiger partial charge in [0, 0.05) is 81.0 Å². The molecule has 6 fully saturated rings. The maximum absolute atomic E-state index is 17.4. The minimum Gasteiger partial charge on any atom is -0.461 e. The van der Waals surface area contributed by atoms with E-state index in [0.717, 1.165) is 133 Å². The van der Waals surface area contributed by atoms with E-state index in [-0.39, 0.29) is 58.3 Å². The molecule has 17 heteroatoms. The number of terminal acetylenes is 1. The molecule has 6 saturated heterocycles. The van der Waals surface area contributed by atoms with Crippen LogP contribution in [-0.4, -0.2) is 136 Å². The molecule has 0 radical (unpaired) electrons. The van der Waals surface area contributed by atoms with Crippen molar-refractivity contribution in [1.29, 1.82) is 0 Å². The number of anilines is 2. The van der Waals surface area contributed by atoms with Crippen LogP contribution in [0.4, 0.5) is 25.1 Å². The Labute approximate surface area is 448 Å². The fraction of sp³-hybridized carbons (Fsp3) is 0.533. The summed E-state index contributed by atoms with van der Waals surface area (Å²) in [5, 5.41) is 10.6. The van der Waals surface area contributed by atoms with Crippen molar-refractivity contribution in [1.82, 2.24) is 39.8 Å². The van der Waals surface area contributed by atoms with Gasteiger partial charge >= 0.3 is 12.1 Å². The zero-order chi connectivity index (χ0) is 52.4. The van der Waals surface area contributed by atoms with Crippen LogP contribution >= 0.6 is 0 Å². The lowest BCUT2D eigenvalue weighted by Crippen LogP contribution is -2.48. The highest BCUT2D eigenvalue weighted by Crippen LogP contribution is 2.45. The van der Waals surface area contributed by atoms with Gasteiger partial charge in [0.2, 0.25) is 5.91 Å². The summed E-state index contributed by atoms with van der Waals surface area (Å²) >= 11 is 0. The topological polar surface area (TPSA) is 143 Å². The number of nitrogens with one attached hydrogen (secondary N) is 1. The van der Waals surface area contributed by atoms with Gasteiger partial charge < -0.3 is 34.2 Å². The monoisotopic (exact) mass is 1050 g/mol. The van der Waals surface area contributed by atoms with E-state index in [0.29, 0.717) is 84.5 Å². The molecule has 13 rings (SSSR count). The molecular weight excluding hydrogens is 979 g/mol. The van der Waals surface area contributed by atoms with E-state index in [4.69, 9.17) is 40.7 Å². The number of aromatic nitrogens is 5. The molecule has 0 bridgehead atoms. The predicted octanol–water partition coefficient (Wildman–Crippen LogP) is 9.06. The first-order valence-electron chi connectivity index (χ1n) is 28.4. The van der Waals surface area contributed by atoms with Crippen molar-refractivity contribution < 1.29 is 32.6 Å². The minimum absolute atomic E-state index is 0.00295. The van der Waals surface area contributed by atoms with E-state index in [2.05, 4.69) is 44.1 Å². The highest BCUT2D eigenvalue weighted by molar-refractivity contribution is 6.03. The fourth-order valence-corrected chi connectivity index (χ4v) is 14.4. The van der Waals surface area contributed by atoms with Crippen molar-refractivity contribution in [3.05, 3.63) is 77.1 Å². The summed E-state index contributed by atoms with van der Waals surface area (Å²) in [7, 11) is 1.98. The molecule has 3 aromatic heterocycles. The van der Waals surface area contributed by atoms with Crippen molar-refractivity contribution in [3.63, 3.8) is 0 Å². The summed E-state index contributed by atoms with van der Waals surface area (Å²) in [6, 6.07) is 15.1. The van der Waals surface area contributed by atoms with E-state index in [1.54, 1.807) is 18.2 Å². The van der Waals surface area contributed by atoms with Crippen molar-refractivity contribution >= 4 is 56.1 Å². The number of carbonyl (C=O) groups excluding carboxylic acids is 2. The lowest BCUT2D eigenvalue weighted by molar-refractivity contribution is -0.123. The second-order valence-corrected chi connectivity index (χ2v) is 22.9. The third-order valence-electron chi connectivity index (χ3n) is 18.5. The number of ether oxygens (including phenoxy) is 3. The average molecular weight is 1050 g/mol. The lowest BCUT2D eigenvalue weighted by Gasteiger charge is -2.37. The van der Waals surface area contributed by atoms with E-state index >= 15 is 8.78 Å². The van der Waals surface area contributed by atoms with Crippen LogP contribution < -0.4 is 19.9 Å². The van der Waals surface area contributed by atoms with Crippen LogP contribution in [0.1, 0.15) is 106 Å². The summed E-state index contributed by atoms with van der Waals surface area (Å²) in [4.78, 5) is 50.3. The Balaban J connectivity index is 0.637. The summed E-state index contributed by atoms with van der Waals surface area (Å²) in [5.41, 5.74) is 4.20. The number of amides is 2. The molecule has 6 aromatic rings. The molecule has 1 N–H and O–H groups in total. The van der Waals surface area contributed by atoms with Gasteiger partial charge in [0.05, 0.1) is 52.0 Å². The third-order valence-corrected chi connectivity index (χ3v) is 18.5. The molecule has 7 aliphatic heterocycles. The molecule has 0 spiro atoms. The highest BCUT2D eigenvalue weighted by Gasteiger charge is 2.50. The third kappa shape index (κ3) is 9.16. The number of halogens is 2. The number of likely N-dealkylation sites (tertiary alicyclic amines) is 1. The molecule has 0 saturated carbocycles. The van der Waals surface area contributed by atoms with Crippen LogP contribution in [0.15, 0.2) is 48.5 Å². The summed E-state index contributed by atoms with van der Waals surface area (Å²) in [5.74, 6) is 3.08. The van der Waals surface area contributed by atoms with Gasteiger partial charge in [-0.3, -0.25) is 14.4 Å². The number of fused-ring (bicyclic) bond motifs is 5. The molecule has 10 heterocycles. The number of piperidine rings is 3. The Hall–Kier alpha value is -6.64. The second kappa shape index (κ2) is 20.6. The van der Waals surface area contributed by atoms with E-state index in [1.807, 2.05) is 22.7 Å². The Bertz CT molecular complexity index is 3310. The fourth-order valence-electron chi connectivity index (χ4n) is 14.4. The summed E-state index contributed by atoms with van der Waals surface area (Å²) in [6.07, 6.45) is 18.6. The first-order chi connectivity index (χ1) is 37.6. The van der Waals surface area contributed by atoms with Gasteiger partial charge in [0.1, 0.15) is 36.1 Å². The molecule has 77 heavy (non-hydrogen) atoms. The summed E-state index contributed by atoms with van der Waals surface area (Å²) in [6.45, 7) is 7.55. The Morgan fingerprint density at radius 3 is 2.58 bits per heavy atom. The quantitative estimate of drug-likeness (QED) is 0.131. The number of aryl methyl sites for hydroxylation is 2. The van der Waals surface area contributed by atoms with Crippen LogP contribution in [0.25, 0.3) is 43.8 Å². The van der Waals surface area contributed by atoms with Crippen LogP contribution in [0, 0.1) is 35.8 Å². The van der Waals surface area contributed by atoms with Crippen LogP contribution in [0.5, 0.6) is 6.01 Å². The first kappa shape index (κ1) is 49.9. The molecule has 1 unspecified atom stereocenters. The van der Waals surface area contributed by atoms with Gasteiger partial charge in [-0.1, -0.05) is 30.2 Å². The maximum atomic E-state index is 17.4. The number of rotatable bonds is 10. The van der Waals surface area contributed by atoms with Gasteiger partial charge in [-0.05, 0) is 138 Å². The van der Waals surface area contributed by atoms with Gasteiger partial charge in [-0.2, -0.15) is 15.1 Å². The van der Waals surface area contributed by atoms with Gasteiger partial charge in [0.25, 0.3) is 0 Å². The average Bonchev–Trinajstić information content (AvgIpc) is 4.05. The molecule has 2 amide bonds. The van der Waals surface area contributed by atoms with Crippen LogP contribution in [0.3, 0.4) is 0 Å². The maximum Gasteiger partial charge on any atom is 0.409 e. The zero-order valence-corrected chi connectivity index (χ0v) is 44.1. The van der Waals surface area contributed by atoms with Crippen molar-refractivity contribution in [2.75, 3.05) is 82.0 Å². The number of carbonyl (C=O) groups is 2. The van der Waals surface area contributed by atoms with E-state index in [1.165, 1.54) is 18.2 Å². The van der Waals surface area contributed by atoms with E-state index in [9.17, 15) is 9.59 Å². The Morgan fingerprint density at radius 2 is 1.75 bits per heavy atom. The molecule has 15 nitrogen and oxygen atoms in total. The Morgan fingerprint density at radius 1 is 0.909 bits per heavy atom. The molecule has 402 valence electrons. The van der Waals surface area contributed by atoms with Crippen molar-refractivity contribution in [2.45, 2.75) is 113 Å². The zero-order valence-electron chi connectivity index (χ0n) is 44.1. The molecular formula is C60H68F2N10O5. The van der Waals surface area contributed by atoms with Gasteiger partial charge in [-0.25, -0.2) is 18.6 Å². The first-order valence-corrected chi connectivity index (χ1v) is 28.4. The number of nitrogens with zero attached hydrogens (tertiary/aromatic N) is 9. The molecule has 0 aliphatic carbocycles. The van der Waals surface area contributed by atoms with Crippen molar-refractivity contribution in [2.24, 2.45) is 18.9 Å².